The SMILES string of the molecule is COc1ccc(N(CC(=O)NCCOc2ccc(C)cc2)S(C)(=O)=O)cc1OC. The minimum atomic E-state index is -3.69. The predicted molar refractivity (Wildman–Crippen MR) is 111 cm³/mol. The summed E-state index contributed by atoms with van der Waals surface area (Å²) in [7, 11) is -0.755. The molecule has 0 atom stereocenters. The standard InChI is InChI=1S/C20H26N2O6S/c1-15-5-8-17(9-6-15)28-12-11-21-20(23)14-22(29(4,24)25)16-7-10-18(26-2)19(13-16)27-3/h5-10,13H,11-12,14H2,1-4H3,(H,21,23). The Balaban J connectivity index is 1.97. The smallest absolute Gasteiger partial charge is 0.240 e. The number of sulfonamides is 1. The Morgan fingerprint density at radius 3 is 2.28 bits per heavy atom. The Labute approximate surface area is 171 Å². The van der Waals surface area contributed by atoms with Gasteiger partial charge in [-0.1, -0.05) is 17.7 Å². The van der Waals surface area contributed by atoms with Crippen molar-refractivity contribution in [2.45, 2.75) is 6.92 Å². The summed E-state index contributed by atoms with van der Waals surface area (Å²) in [5.41, 5.74) is 1.43. The van der Waals surface area contributed by atoms with Crippen molar-refractivity contribution in [3.05, 3.63) is 48.0 Å². The van der Waals surface area contributed by atoms with E-state index in [1.807, 2.05) is 31.2 Å². The van der Waals surface area contributed by atoms with Crippen LogP contribution in [0.4, 0.5) is 5.69 Å². The molecule has 0 heterocycles. The summed E-state index contributed by atoms with van der Waals surface area (Å²) in [6, 6.07) is 12.2. The van der Waals surface area contributed by atoms with Gasteiger partial charge in [-0.05, 0) is 31.2 Å². The molecule has 0 aliphatic heterocycles. The summed E-state index contributed by atoms with van der Waals surface area (Å²) in [5, 5.41) is 2.66. The van der Waals surface area contributed by atoms with E-state index in [1.165, 1.54) is 20.3 Å². The second kappa shape index (κ2) is 10.0. The number of benzene rings is 2. The lowest BCUT2D eigenvalue weighted by atomic mass is 10.2. The van der Waals surface area contributed by atoms with Crippen molar-refractivity contribution in [1.82, 2.24) is 5.32 Å². The first-order valence-corrected chi connectivity index (χ1v) is 10.8. The van der Waals surface area contributed by atoms with Gasteiger partial charge >= 0.3 is 0 Å². The Bertz CT molecular complexity index is 928. The first-order chi connectivity index (χ1) is 13.7. The number of methoxy groups -OCH3 is 2. The molecule has 1 N–H and O–H groups in total. The monoisotopic (exact) mass is 422 g/mol. The molecule has 0 spiro atoms. The molecule has 9 heteroatoms. The van der Waals surface area contributed by atoms with Crippen LogP contribution in [-0.2, 0) is 14.8 Å². The van der Waals surface area contributed by atoms with E-state index >= 15 is 0 Å². The van der Waals surface area contributed by atoms with Crippen molar-refractivity contribution in [3.63, 3.8) is 0 Å². The quantitative estimate of drug-likeness (QED) is 0.589. The Hall–Kier alpha value is -2.94. The van der Waals surface area contributed by atoms with Crippen LogP contribution in [0, 0.1) is 6.92 Å². The van der Waals surface area contributed by atoms with Crippen LogP contribution in [-0.4, -0.2) is 54.5 Å². The molecule has 1 amide bonds. The van der Waals surface area contributed by atoms with Crippen LogP contribution in [0.15, 0.2) is 42.5 Å². The predicted octanol–water partition coefficient (Wildman–Crippen LogP) is 1.97. The van der Waals surface area contributed by atoms with Crippen molar-refractivity contribution in [2.24, 2.45) is 0 Å². The summed E-state index contributed by atoms with van der Waals surface area (Å²) in [5.74, 6) is 1.08. The van der Waals surface area contributed by atoms with Crippen LogP contribution in [0.2, 0.25) is 0 Å². The van der Waals surface area contributed by atoms with E-state index in [4.69, 9.17) is 14.2 Å². The van der Waals surface area contributed by atoms with Gasteiger partial charge in [0.1, 0.15) is 18.9 Å². The summed E-state index contributed by atoms with van der Waals surface area (Å²) in [6.45, 7) is 2.13. The average molecular weight is 423 g/mol. The fourth-order valence-corrected chi connectivity index (χ4v) is 3.41. The van der Waals surface area contributed by atoms with Crippen LogP contribution in [0.25, 0.3) is 0 Å². The fraction of sp³-hybridized carbons (Fsp3) is 0.350. The normalized spacial score (nSPS) is 10.9. The van der Waals surface area contributed by atoms with Gasteiger partial charge in [-0.3, -0.25) is 9.10 Å². The highest BCUT2D eigenvalue weighted by atomic mass is 32.2. The highest BCUT2D eigenvalue weighted by Crippen LogP contribution is 2.32. The van der Waals surface area contributed by atoms with Gasteiger partial charge < -0.3 is 19.5 Å². The van der Waals surface area contributed by atoms with Gasteiger partial charge in [0.2, 0.25) is 15.9 Å². The van der Waals surface area contributed by atoms with Gasteiger partial charge in [0, 0.05) is 6.07 Å². The number of ether oxygens (including phenoxy) is 3. The average Bonchev–Trinajstić information content (AvgIpc) is 2.69. The van der Waals surface area contributed by atoms with Crippen LogP contribution >= 0.6 is 0 Å². The van der Waals surface area contributed by atoms with Crippen molar-refractivity contribution >= 4 is 21.6 Å². The number of aryl methyl sites for hydroxylation is 1. The second-order valence-corrected chi connectivity index (χ2v) is 8.23. The van der Waals surface area contributed by atoms with Crippen LogP contribution in [0.3, 0.4) is 0 Å². The molecule has 0 aliphatic rings. The van der Waals surface area contributed by atoms with E-state index in [1.54, 1.807) is 12.1 Å². The number of carbonyl (C=O) groups is 1. The van der Waals surface area contributed by atoms with Gasteiger partial charge in [0.25, 0.3) is 0 Å². The molecule has 0 aromatic heterocycles. The number of nitrogens with zero attached hydrogens (tertiary/aromatic N) is 1. The summed E-state index contributed by atoms with van der Waals surface area (Å²) >= 11 is 0. The molecule has 2 rings (SSSR count). The minimum Gasteiger partial charge on any atom is -0.493 e. The molecule has 0 aliphatic carbocycles. The molecule has 0 fully saturated rings. The van der Waals surface area contributed by atoms with Crippen molar-refractivity contribution in [3.8, 4) is 17.2 Å². The molecule has 158 valence electrons. The number of carbonyl (C=O) groups excluding carboxylic acids is 1. The highest BCUT2D eigenvalue weighted by molar-refractivity contribution is 7.92. The summed E-state index contributed by atoms with van der Waals surface area (Å²) < 4.78 is 41.3. The maximum Gasteiger partial charge on any atom is 0.240 e. The third kappa shape index (κ3) is 6.56. The molecular weight excluding hydrogens is 396 g/mol. The first kappa shape index (κ1) is 22.4. The van der Waals surface area contributed by atoms with Gasteiger partial charge in [-0.2, -0.15) is 0 Å². The van der Waals surface area contributed by atoms with Crippen molar-refractivity contribution in [2.75, 3.05) is 44.5 Å². The summed E-state index contributed by atoms with van der Waals surface area (Å²) in [6.07, 6.45) is 1.04. The van der Waals surface area contributed by atoms with Crippen molar-refractivity contribution in [1.29, 1.82) is 0 Å². The zero-order valence-electron chi connectivity index (χ0n) is 17.0. The van der Waals surface area contributed by atoms with Crippen LogP contribution in [0.1, 0.15) is 5.56 Å². The number of rotatable bonds is 10. The molecule has 0 saturated carbocycles. The molecule has 2 aromatic carbocycles. The van der Waals surface area contributed by atoms with E-state index < -0.39 is 15.9 Å². The van der Waals surface area contributed by atoms with E-state index in [-0.39, 0.29) is 19.7 Å². The molecule has 29 heavy (non-hydrogen) atoms. The molecule has 0 bridgehead atoms. The van der Waals surface area contributed by atoms with E-state index in [0.717, 1.165) is 16.1 Å². The lowest BCUT2D eigenvalue weighted by molar-refractivity contribution is -0.119. The molecule has 0 unspecified atom stereocenters. The van der Waals surface area contributed by atoms with E-state index in [0.29, 0.717) is 22.9 Å². The van der Waals surface area contributed by atoms with Crippen LogP contribution < -0.4 is 23.8 Å². The van der Waals surface area contributed by atoms with Crippen molar-refractivity contribution < 1.29 is 27.4 Å². The zero-order chi connectivity index (χ0) is 21.4. The maximum atomic E-state index is 12.3. The lowest BCUT2D eigenvalue weighted by Crippen LogP contribution is -2.41. The van der Waals surface area contributed by atoms with Crippen LogP contribution in [0.5, 0.6) is 17.2 Å². The summed E-state index contributed by atoms with van der Waals surface area (Å²) in [4.78, 5) is 12.3. The first-order valence-electron chi connectivity index (χ1n) is 8.90. The van der Waals surface area contributed by atoms with E-state index in [9.17, 15) is 13.2 Å². The topological polar surface area (TPSA) is 94.2 Å². The lowest BCUT2D eigenvalue weighted by Gasteiger charge is -2.23. The Morgan fingerprint density at radius 1 is 1.03 bits per heavy atom. The minimum absolute atomic E-state index is 0.246. The fourth-order valence-electron chi connectivity index (χ4n) is 2.56. The molecule has 0 radical (unpaired) electrons. The van der Waals surface area contributed by atoms with Gasteiger partial charge in [0.05, 0.1) is 32.7 Å². The Kier molecular flexibility index (Phi) is 7.72. The third-order valence-electron chi connectivity index (χ3n) is 4.06. The molecule has 2 aromatic rings. The largest absolute Gasteiger partial charge is 0.493 e. The highest BCUT2D eigenvalue weighted by Gasteiger charge is 2.22. The van der Waals surface area contributed by atoms with Gasteiger partial charge in [-0.15, -0.1) is 0 Å². The maximum absolute atomic E-state index is 12.3. The second-order valence-electron chi connectivity index (χ2n) is 6.32. The van der Waals surface area contributed by atoms with E-state index in [2.05, 4.69) is 5.32 Å². The molecule has 0 saturated heterocycles. The molecular formula is C20H26N2O6S. The number of anilines is 1. The number of hydrogen-bond acceptors (Lipinski definition) is 6. The number of nitrogens with one attached hydrogen (secondary N) is 1. The Morgan fingerprint density at radius 2 is 1.69 bits per heavy atom. The third-order valence-corrected chi connectivity index (χ3v) is 5.20. The van der Waals surface area contributed by atoms with Gasteiger partial charge in [-0.25, -0.2) is 8.42 Å². The zero-order valence-corrected chi connectivity index (χ0v) is 17.8. The number of amides is 1. The number of hydrogen-bond donors (Lipinski definition) is 1. The van der Waals surface area contributed by atoms with Gasteiger partial charge in [0.15, 0.2) is 11.5 Å². The molecule has 8 nitrogen and oxygen atoms in total.